The van der Waals surface area contributed by atoms with Crippen LogP contribution in [-0.2, 0) is 19.5 Å². The predicted molar refractivity (Wildman–Crippen MR) is 121 cm³/mol. The lowest BCUT2D eigenvalue weighted by Gasteiger charge is -2.27. The van der Waals surface area contributed by atoms with Crippen LogP contribution in [0.25, 0.3) is 16.9 Å². The Morgan fingerprint density at radius 1 is 1.16 bits per heavy atom. The number of benzene rings is 2. The van der Waals surface area contributed by atoms with E-state index in [1.54, 1.807) is 12.0 Å². The van der Waals surface area contributed by atoms with Crippen LogP contribution in [0.1, 0.15) is 16.8 Å². The van der Waals surface area contributed by atoms with E-state index in [1.807, 2.05) is 60.7 Å². The first-order valence-electron chi connectivity index (χ1n) is 10.5. The molecule has 5 rings (SSSR count). The molecule has 0 bridgehead atoms. The van der Waals surface area contributed by atoms with Crippen LogP contribution in [0.4, 0.5) is 4.79 Å². The van der Waals surface area contributed by atoms with E-state index >= 15 is 0 Å². The topological polar surface area (TPSA) is 91.7 Å². The molecule has 0 radical (unpaired) electrons. The lowest BCUT2D eigenvalue weighted by Crippen LogP contribution is -2.44. The highest BCUT2D eigenvalue weighted by Gasteiger charge is 2.25. The van der Waals surface area contributed by atoms with Crippen molar-refractivity contribution in [3.8, 4) is 17.0 Å². The van der Waals surface area contributed by atoms with E-state index in [4.69, 9.17) is 4.74 Å². The first-order valence-corrected chi connectivity index (χ1v) is 10.5. The molecule has 0 saturated heterocycles. The summed E-state index contributed by atoms with van der Waals surface area (Å²) in [5, 5.41) is 6.09. The summed E-state index contributed by atoms with van der Waals surface area (Å²) < 4.78 is 6.71. The molecule has 4 aromatic rings. The highest BCUT2D eigenvalue weighted by atomic mass is 16.5. The molecule has 0 fully saturated rings. The van der Waals surface area contributed by atoms with Gasteiger partial charge in [-0.3, -0.25) is 9.89 Å². The molecular formula is C24H23N5O3. The Kier molecular flexibility index (Phi) is 5.10. The van der Waals surface area contributed by atoms with Crippen LogP contribution < -0.4 is 15.6 Å². The molecule has 0 unspecified atom stereocenters. The van der Waals surface area contributed by atoms with E-state index in [2.05, 4.69) is 15.4 Å². The van der Waals surface area contributed by atoms with Crippen LogP contribution in [-0.4, -0.2) is 39.2 Å². The zero-order chi connectivity index (χ0) is 22.1. The Morgan fingerprint density at radius 2 is 2.00 bits per heavy atom. The van der Waals surface area contributed by atoms with Crippen molar-refractivity contribution in [1.29, 1.82) is 0 Å². The number of H-pyrrole nitrogens is 1. The molecule has 1 aliphatic rings. The van der Waals surface area contributed by atoms with E-state index in [0.717, 1.165) is 22.6 Å². The van der Waals surface area contributed by atoms with Crippen LogP contribution in [0, 0.1) is 0 Å². The Morgan fingerprint density at radius 3 is 2.81 bits per heavy atom. The molecule has 0 spiro atoms. The number of amides is 2. The maximum atomic E-state index is 13.0. The second kappa shape index (κ2) is 8.22. The van der Waals surface area contributed by atoms with Crippen LogP contribution in [0.2, 0.25) is 0 Å². The zero-order valence-electron chi connectivity index (χ0n) is 17.7. The maximum Gasteiger partial charge on any atom is 0.318 e. The number of carbonyl (C=O) groups is 1. The third kappa shape index (κ3) is 3.71. The number of ether oxygens (including phenoxy) is 1. The second-order valence-electron chi connectivity index (χ2n) is 7.75. The summed E-state index contributed by atoms with van der Waals surface area (Å²) in [5.41, 5.74) is 4.50. The van der Waals surface area contributed by atoms with Crippen molar-refractivity contribution in [1.82, 2.24) is 24.8 Å². The van der Waals surface area contributed by atoms with E-state index in [0.29, 0.717) is 43.0 Å². The summed E-state index contributed by atoms with van der Waals surface area (Å²) in [6.45, 7) is 1.16. The molecule has 0 saturated carbocycles. The van der Waals surface area contributed by atoms with Gasteiger partial charge in [0.15, 0.2) is 5.65 Å². The maximum absolute atomic E-state index is 13.0. The average Bonchev–Trinajstić information content (AvgIpc) is 3.27. The monoisotopic (exact) mass is 429 g/mol. The van der Waals surface area contributed by atoms with Crippen molar-refractivity contribution in [2.45, 2.75) is 19.5 Å². The number of hydrogen-bond donors (Lipinski definition) is 2. The van der Waals surface area contributed by atoms with Gasteiger partial charge < -0.3 is 15.0 Å². The van der Waals surface area contributed by atoms with Gasteiger partial charge in [-0.15, -0.1) is 0 Å². The van der Waals surface area contributed by atoms with Gasteiger partial charge in [0.05, 0.1) is 25.0 Å². The molecule has 0 atom stereocenters. The minimum absolute atomic E-state index is 0.108. The number of methoxy groups -OCH3 is 1. The van der Waals surface area contributed by atoms with Crippen LogP contribution in [0.15, 0.2) is 65.5 Å². The van der Waals surface area contributed by atoms with Gasteiger partial charge >= 0.3 is 6.03 Å². The van der Waals surface area contributed by atoms with E-state index < -0.39 is 0 Å². The molecule has 1 aliphatic heterocycles. The number of hydrogen-bond acceptors (Lipinski definition) is 4. The fraction of sp³-hybridized carbons (Fsp3) is 0.208. The third-order valence-corrected chi connectivity index (χ3v) is 5.72. The van der Waals surface area contributed by atoms with E-state index in [1.165, 1.54) is 4.52 Å². The molecule has 3 heterocycles. The van der Waals surface area contributed by atoms with Crippen LogP contribution >= 0.6 is 0 Å². The van der Waals surface area contributed by atoms with Crippen LogP contribution in [0.3, 0.4) is 0 Å². The molecule has 0 aliphatic carbocycles. The number of carbonyl (C=O) groups excluding carboxylic acids is 1. The Bertz CT molecular complexity index is 1340. The van der Waals surface area contributed by atoms with E-state index in [-0.39, 0.29) is 11.6 Å². The molecule has 2 N–H and O–H groups in total. The van der Waals surface area contributed by atoms with Gasteiger partial charge in [0.25, 0.3) is 5.56 Å². The number of aromatic nitrogens is 3. The minimum Gasteiger partial charge on any atom is -0.497 e. The number of rotatable bonds is 4. The van der Waals surface area contributed by atoms with Gasteiger partial charge in [0, 0.05) is 24.7 Å². The summed E-state index contributed by atoms with van der Waals surface area (Å²) in [6, 6.07) is 19.1. The van der Waals surface area contributed by atoms with Crippen molar-refractivity contribution in [3.63, 3.8) is 0 Å². The van der Waals surface area contributed by atoms with Crippen molar-refractivity contribution in [2.24, 2.45) is 0 Å². The lowest BCUT2D eigenvalue weighted by atomic mass is 10.1. The van der Waals surface area contributed by atoms with Gasteiger partial charge in [-0.05, 0) is 29.7 Å². The summed E-state index contributed by atoms with van der Waals surface area (Å²) in [5.74, 6) is 0.749. The molecule has 2 aromatic carbocycles. The summed E-state index contributed by atoms with van der Waals surface area (Å²) in [7, 11) is 1.61. The second-order valence-corrected chi connectivity index (χ2v) is 7.75. The highest BCUT2D eigenvalue weighted by molar-refractivity contribution is 5.74. The molecule has 32 heavy (non-hydrogen) atoms. The standard InChI is InChI=1S/C24H23N5O3/c1-32-18-9-5-6-16(12-18)14-25-24(31)28-11-10-19-21(15-28)26-22-13-20(27-29(22)23(19)30)17-7-3-2-4-8-17/h2-9,12-13,27H,10-11,14-15H2,1H3,(H,25,31). The summed E-state index contributed by atoms with van der Waals surface area (Å²) >= 11 is 0. The third-order valence-electron chi connectivity index (χ3n) is 5.72. The molecule has 8 nitrogen and oxygen atoms in total. The number of nitrogens with one attached hydrogen (secondary N) is 2. The first kappa shape index (κ1) is 19.9. The van der Waals surface area contributed by atoms with Crippen molar-refractivity contribution in [2.75, 3.05) is 13.7 Å². The quantitative estimate of drug-likeness (QED) is 0.522. The van der Waals surface area contributed by atoms with Gasteiger partial charge in [-0.1, -0.05) is 42.5 Å². The minimum atomic E-state index is -0.181. The fourth-order valence-corrected chi connectivity index (χ4v) is 4.00. The van der Waals surface area contributed by atoms with Crippen molar-refractivity contribution >= 4 is 11.7 Å². The highest BCUT2D eigenvalue weighted by Crippen LogP contribution is 2.20. The smallest absolute Gasteiger partial charge is 0.318 e. The Hall–Kier alpha value is -4.07. The van der Waals surface area contributed by atoms with Gasteiger partial charge in [0.1, 0.15) is 5.75 Å². The average molecular weight is 429 g/mol. The fourth-order valence-electron chi connectivity index (χ4n) is 4.00. The van der Waals surface area contributed by atoms with E-state index in [9.17, 15) is 9.59 Å². The molecule has 2 amide bonds. The molecular weight excluding hydrogens is 406 g/mol. The molecule has 162 valence electrons. The number of urea groups is 1. The number of nitrogens with zero attached hydrogens (tertiary/aromatic N) is 3. The summed E-state index contributed by atoms with van der Waals surface area (Å²) in [4.78, 5) is 32.1. The Labute approximate surface area is 184 Å². The van der Waals surface area contributed by atoms with Gasteiger partial charge in [-0.2, -0.15) is 0 Å². The van der Waals surface area contributed by atoms with Crippen molar-refractivity contribution < 1.29 is 9.53 Å². The SMILES string of the molecule is COc1cccc(CNC(=O)N2CCc3c(nc4cc(-c5ccccc5)[nH]n4c3=O)C2)c1. The van der Waals surface area contributed by atoms with Crippen molar-refractivity contribution in [3.05, 3.63) is 87.8 Å². The van der Waals surface area contributed by atoms with Crippen LogP contribution in [0.5, 0.6) is 5.75 Å². The zero-order valence-corrected chi connectivity index (χ0v) is 17.7. The normalized spacial score (nSPS) is 13.1. The van der Waals surface area contributed by atoms with Gasteiger partial charge in [-0.25, -0.2) is 14.3 Å². The first-order chi connectivity index (χ1) is 15.6. The predicted octanol–water partition coefficient (Wildman–Crippen LogP) is 2.97. The Balaban J connectivity index is 1.35. The number of fused-ring (bicyclic) bond motifs is 2. The number of aromatic amines is 1. The molecule has 2 aromatic heterocycles. The summed E-state index contributed by atoms with van der Waals surface area (Å²) in [6.07, 6.45) is 0.469. The molecule has 8 heteroatoms. The largest absolute Gasteiger partial charge is 0.497 e. The van der Waals surface area contributed by atoms with Gasteiger partial charge in [0.2, 0.25) is 0 Å². The lowest BCUT2D eigenvalue weighted by molar-refractivity contribution is 0.190.